The molecule has 6 nitrogen and oxygen atoms in total. The molecule has 6 heteroatoms. The number of benzene rings is 1. The standard InChI is InChI=1S/C17H22N4O2/c1-23-13-6-2-4-12(10-13)5-3-8-19-17(22)16-14-11-18-9-7-15(14)20-21-16/h2,4,6,10,18H,3,5,7-9,11H2,1H3,(H,19,22)(H,20,21). The van der Waals surface area contributed by atoms with E-state index in [4.69, 9.17) is 4.74 Å². The average Bonchev–Trinajstić information content (AvgIpc) is 3.03. The van der Waals surface area contributed by atoms with E-state index in [9.17, 15) is 4.79 Å². The van der Waals surface area contributed by atoms with Gasteiger partial charge in [-0.3, -0.25) is 9.89 Å². The molecular formula is C17H22N4O2. The second-order valence-corrected chi connectivity index (χ2v) is 5.67. The van der Waals surface area contributed by atoms with Crippen molar-refractivity contribution >= 4 is 5.91 Å². The van der Waals surface area contributed by atoms with Crippen molar-refractivity contribution in [3.63, 3.8) is 0 Å². The maximum atomic E-state index is 12.2. The minimum atomic E-state index is -0.100. The highest BCUT2D eigenvalue weighted by atomic mass is 16.5. The zero-order chi connectivity index (χ0) is 16.1. The third kappa shape index (κ3) is 3.71. The number of H-pyrrole nitrogens is 1. The first kappa shape index (κ1) is 15.6. The highest BCUT2D eigenvalue weighted by molar-refractivity contribution is 5.94. The minimum absolute atomic E-state index is 0.100. The van der Waals surface area contributed by atoms with Gasteiger partial charge in [0.2, 0.25) is 0 Å². The number of rotatable bonds is 6. The van der Waals surface area contributed by atoms with Crippen LogP contribution in [0.25, 0.3) is 0 Å². The SMILES string of the molecule is COc1cccc(CCCNC(=O)c2n[nH]c3c2CNCC3)c1. The molecule has 3 rings (SSSR count). The van der Waals surface area contributed by atoms with Gasteiger partial charge < -0.3 is 15.4 Å². The van der Waals surface area contributed by atoms with Crippen LogP contribution >= 0.6 is 0 Å². The van der Waals surface area contributed by atoms with Gasteiger partial charge in [0.25, 0.3) is 5.91 Å². The minimum Gasteiger partial charge on any atom is -0.497 e. The van der Waals surface area contributed by atoms with Gasteiger partial charge in [-0.1, -0.05) is 12.1 Å². The second-order valence-electron chi connectivity index (χ2n) is 5.67. The molecule has 0 atom stereocenters. The van der Waals surface area contributed by atoms with Gasteiger partial charge in [-0.2, -0.15) is 5.10 Å². The van der Waals surface area contributed by atoms with Gasteiger partial charge in [0.05, 0.1) is 7.11 Å². The van der Waals surface area contributed by atoms with Crippen molar-refractivity contribution < 1.29 is 9.53 Å². The molecule has 1 aromatic heterocycles. The first-order chi connectivity index (χ1) is 11.3. The second kappa shape index (κ2) is 7.28. The number of nitrogens with zero attached hydrogens (tertiary/aromatic N) is 1. The van der Waals surface area contributed by atoms with Gasteiger partial charge in [0.1, 0.15) is 5.75 Å². The van der Waals surface area contributed by atoms with Crippen molar-refractivity contribution in [3.8, 4) is 5.75 Å². The van der Waals surface area contributed by atoms with E-state index >= 15 is 0 Å². The topological polar surface area (TPSA) is 79.0 Å². The lowest BCUT2D eigenvalue weighted by Gasteiger charge is -2.12. The molecule has 0 unspecified atom stereocenters. The van der Waals surface area contributed by atoms with E-state index in [2.05, 4.69) is 26.9 Å². The quantitative estimate of drug-likeness (QED) is 0.705. The Kier molecular flexibility index (Phi) is 4.92. The van der Waals surface area contributed by atoms with Crippen LogP contribution in [0.5, 0.6) is 5.75 Å². The molecule has 1 aromatic carbocycles. The number of aromatic amines is 1. The van der Waals surface area contributed by atoms with Crippen molar-refractivity contribution in [1.82, 2.24) is 20.8 Å². The first-order valence-electron chi connectivity index (χ1n) is 7.96. The Morgan fingerprint density at radius 2 is 2.35 bits per heavy atom. The molecule has 0 aliphatic carbocycles. The maximum Gasteiger partial charge on any atom is 0.272 e. The summed E-state index contributed by atoms with van der Waals surface area (Å²) in [4.78, 5) is 12.2. The molecule has 3 N–H and O–H groups in total. The van der Waals surface area contributed by atoms with E-state index < -0.39 is 0 Å². The van der Waals surface area contributed by atoms with Crippen LogP contribution in [0.3, 0.4) is 0 Å². The Bertz CT molecular complexity index is 681. The highest BCUT2D eigenvalue weighted by Crippen LogP contribution is 2.15. The molecule has 23 heavy (non-hydrogen) atoms. The molecule has 2 heterocycles. The predicted octanol–water partition coefficient (Wildman–Crippen LogP) is 1.43. The van der Waals surface area contributed by atoms with Crippen LogP contribution < -0.4 is 15.4 Å². The summed E-state index contributed by atoms with van der Waals surface area (Å²) >= 11 is 0. The molecule has 0 saturated heterocycles. The fraction of sp³-hybridized carbons (Fsp3) is 0.412. The number of amides is 1. The molecule has 1 amide bonds. The molecule has 2 aromatic rings. The Morgan fingerprint density at radius 3 is 3.22 bits per heavy atom. The molecule has 0 radical (unpaired) electrons. The Hall–Kier alpha value is -2.34. The summed E-state index contributed by atoms with van der Waals surface area (Å²) in [5.74, 6) is 0.763. The summed E-state index contributed by atoms with van der Waals surface area (Å²) in [6.07, 6.45) is 2.67. The molecule has 0 saturated carbocycles. The number of aromatic nitrogens is 2. The van der Waals surface area contributed by atoms with E-state index in [-0.39, 0.29) is 5.91 Å². The number of carbonyl (C=O) groups is 1. The van der Waals surface area contributed by atoms with Crippen LogP contribution in [-0.4, -0.2) is 36.3 Å². The van der Waals surface area contributed by atoms with E-state index in [0.717, 1.165) is 42.8 Å². The number of carbonyl (C=O) groups excluding carboxylic acids is 1. The van der Waals surface area contributed by atoms with Crippen molar-refractivity contribution in [2.24, 2.45) is 0 Å². The highest BCUT2D eigenvalue weighted by Gasteiger charge is 2.20. The molecule has 1 aliphatic rings. The average molecular weight is 314 g/mol. The molecule has 0 bridgehead atoms. The van der Waals surface area contributed by atoms with E-state index in [1.807, 2.05) is 18.2 Å². The lowest BCUT2D eigenvalue weighted by Crippen LogP contribution is -2.29. The summed E-state index contributed by atoms with van der Waals surface area (Å²) in [6, 6.07) is 8.01. The number of ether oxygens (including phenoxy) is 1. The predicted molar refractivity (Wildman–Crippen MR) is 87.6 cm³/mol. The van der Waals surface area contributed by atoms with E-state index in [1.54, 1.807) is 7.11 Å². The molecule has 1 aliphatic heterocycles. The third-order valence-corrected chi connectivity index (χ3v) is 4.08. The zero-order valence-electron chi connectivity index (χ0n) is 13.3. The van der Waals surface area contributed by atoms with Gasteiger partial charge in [-0.15, -0.1) is 0 Å². The number of nitrogens with one attached hydrogen (secondary N) is 3. The third-order valence-electron chi connectivity index (χ3n) is 4.08. The summed E-state index contributed by atoms with van der Waals surface area (Å²) in [5, 5.41) is 13.4. The lowest BCUT2D eigenvalue weighted by atomic mass is 10.1. The van der Waals surface area contributed by atoms with Crippen LogP contribution in [0.15, 0.2) is 24.3 Å². The van der Waals surface area contributed by atoms with Gasteiger partial charge in [0.15, 0.2) is 5.69 Å². The normalized spacial score (nSPS) is 13.4. The van der Waals surface area contributed by atoms with Gasteiger partial charge >= 0.3 is 0 Å². The smallest absolute Gasteiger partial charge is 0.272 e. The number of methoxy groups -OCH3 is 1. The van der Waals surface area contributed by atoms with Gasteiger partial charge in [0, 0.05) is 37.3 Å². The Labute approximate surface area is 135 Å². The van der Waals surface area contributed by atoms with Crippen molar-refractivity contribution in [3.05, 3.63) is 46.8 Å². The van der Waals surface area contributed by atoms with E-state index in [1.165, 1.54) is 5.56 Å². The largest absolute Gasteiger partial charge is 0.497 e. The zero-order valence-corrected chi connectivity index (χ0v) is 13.3. The first-order valence-corrected chi connectivity index (χ1v) is 7.96. The van der Waals surface area contributed by atoms with Crippen LogP contribution in [0.2, 0.25) is 0 Å². The number of hydrogen-bond donors (Lipinski definition) is 3. The summed E-state index contributed by atoms with van der Waals surface area (Å²) < 4.78 is 5.21. The fourth-order valence-corrected chi connectivity index (χ4v) is 2.82. The number of fused-ring (bicyclic) bond motifs is 1. The van der Waals surface area contributed by atoms with Gasteiger partial charge in [-0.25, -0.2) is 0 Å². The van der Waals surface area contributed by atoms with Crippen LogP contribution in [-0.2, 0) is 19.4 Å². The fourth-order valence-electron chi connectivity index (χ4n) is 2.82. The summed E-state index contributed by atoms with van der Waals surface area (Å²) in [6.45, 7) is 2.26. The number of aryl methyl sites for hydroxylation is 1. The molecular weight excluding hydrogens is 292 g/mol. The van der Waals surface area contributed by atoms with Crippen molar-refractivity contribution in [2.45, 2.75) is 25.8 Å². The lowest BCUT2D eigenvalue weighted by molar-refractivity contribution is 0.0947. The van der Waals surface area contributed by atoms with Crippen molar-refractivity contribution in [2.75, 3.05) is 20.2 Å². The van der Waals surface area contributed by atoms with Crippen LogP contribution in [0, 0.1) is 0 Å². The molecule has 0 spiro atoms. The van der Waals surface area contributed by atoms with Crippen LogP contribution in [0.4, 0.5) is 0 Å². The summed E-state index contributed by atoms with van der Waals surface area (Å²) in [5.41, 5.74) is 3.81. The Morgan fingerprint density at radius 1 is 1.43 bits per heavy atom. The van der Waals surface area contributed by atoms with E-state index in [0.29, 0.717) is 18.8 Å². The maximum absolute atomic E-state index is 12.2. The molecule has 122 valence electrons. The number of hydrogen-bond acceptors (Lipinski definition) is 4. The van der Waals surface area contributed by atoms with Gasteiger partial charge in [-0.05, 0) is 30.5 Å². The summed E-state index contributed by atoms with van der Waals surface area (Å²) in [7, 11) is 1.67. The monoisotopic (exact) mass is 314 g/mol. The van der Waals surface area contributed by atoms with Crippen molar-refractivity contribution in [1.29, 1.82) is 0 Å². The Balaban J connectivity index is 1.49. The molecule has 0 fully saturated rings. The van der Waals surface area contributed by atoms with Crippen LogP contribution in [0.1, 0.15) is 33.7 Å².